The number of hydrogen-bond acceptors (Lipinski definition) is 3. The lowest BCUT2D eigenvalue weighted by molar-refractivity contribution is 0.415. The maximum Gasteiger partial charge on any atom is 0.227 e. The monoisotopic (exact) mass is 230 g/mol. The number of hydrogen-bond donors (Lipinski definition) is 0. The third-order valence-electron chi connectivity index (χ3n) is 2.83. The normalized spacial score (nSPS) is 11.8. The molecule has 0 aliphatic rings. The molecular weight excluding hydrogens is 212 g/mol. The molecule has 0 radical (unpaired) electrons. The molecule has 0 aromatic carbocycles. The predicted octanol–water partition coefficient (Wildman–Crippen LogP) is 3.65. The molecule has 2 rings (SSSR count). The third-order valence-corrected chi connectivity index (χ3v) is 2.83. The van der Waals surface area contributed by atoms with Gasteiger partial charge in [0, 0.05) is 17.3 Å². The van der Waals surface area contributed by atoms with Gasteiger partial charge in [-0.25, -0.2) is 4.98 Å². The van der Waals surface area contributed by atoms with E-state index in [2.05, 4.69) is 36.8 Å². The summed E-state index contributed by atoms with van der Waals surface area (Å²) in [5.41, 5.74) is 3.11. The van der Waals surface area contributed by atoms with Crippen LogP contribution in [0.2, 0.25) is 0 Å². The van der Waals surface area contributed by atoms with Crippen molar-refractivity contribution in [3.63, 3.8) is 0 Å². The average Bonchev–Trinajstić information content (AvgIpc) is 2.70. The van der Waals surface area contributed by atoms with Crippen LogP contribution in [0.3, 0.4) is 0 Å². The molecule has 0 amide bonds. The van der Waals surface area contributed by atoms with Crippen LogP contribution in [-0.2, 0) is 5.41 Å². The summed E-state index contributed by atoms with van der Waals surface area (Å²) in [6, 6.07) is 2.06. The Morgan fingerprint density at radius 1 is 1.06 bits per heavy atom. The van der Waals surface area contributed by atoms with Crippen molar-refractivity contribution in [3.05, 3.63) is 35.5 Å². The van der Waals surface area contributed by atoms with Crippen LogP contribution in [0, 0.1) is 13.8 Å². The van der Waals surface area contributed by atoms with Crippen LogP contribution < -0.4 is 0 Å². The lowest BCUT2D eigenvalue weighted by Crippen LogP contribution is -2.09. The Hall–Kier alpha value is -1.64. The molecule has 0 aliphatic heterocycles. The number of aryl methyl sites for hydroxylation is 2. The van der Waals surface area contributed by atoms with E-state index in [1.165, 1.54) is 0 Å². The third kappa shape index (κ3) is 2.38. The standard InChI is InChI=1S/C14H18N2O/c1-9-6-11(7-15-10(9)2)13-16-8-12(17-13)14(3,4)5/h6-8H,1-5H3. The molecule has 90 valence electrons. The lowest BCUT2D eigenvalue weighted by Gasteiger charge is -2.13. The molecule has 0 unspecified atom stereocenters. The SMILES string of the molecule is Cc1cc(-c2ncc(C(C)(C)C)o2)cnc1C. The van der Waals surface area contributed by atoms with Gasteiger partial charge in [-0.05, 0) is 25.5 Å². The zero-order chi connectivity index (χ0) is 12.6. The van der Waals surface area contributed by atoms with Crippen molar-refractivity contribution in [1.82, 2.24) is 9.97 Å². The van der Waals surface area contributed by atoms with E-state index in [1.54, 1.807) is 12.4 Å². The molecule has 0 saturated heterocycles. The van der Waals surface area contributed by atoms with Crippen LogP contribution in [0.25, 0.3) is 11.5 Å². The molecule has 2 aromatic rings. The number of rotatable bonds is 1. The second kappa shape index (κ2) is 3.99. The van der Waals surface area contributed by atoms with Gasteiger partial charge in [0.25, 0.3) is 0 Å². The lowest BCUT2D eigenvalue weighted by atomic mass is 9.94. The van der Waals surface area contributed by atoms with Crippen LogP contribution >= 0.6 is 0 Å². The van der Waals surface area contributed by atoms with Gasteiger partial charge in [-0.1, -0.05) is 20.8 Å². The van der Waals surface area contributed by atoms with Crippen molar-refractivity contribution in [3.8, 4) is 11.5 Å². The minimum Gasteiger partial charge on any atom is -0.441 e. The van der Waals surface area contributed by atoms with E-state index in [4.69, 9.17) is 4.42 Å². The van der Waals surface area contributed by atoms with E-state index in [1.807, 2.05) is 13.8 Å². The van der Waals surface area contributed by atoms with E-state index in [0.717, 1.165) is 22.6 Å². The molecule has 0 saturated carbocycles. The van der Waals surface area contributed by atoms with Crippen LogP contribution in [0.1, 0.15) is 37.8 Å². The first kappa shape index (κ1) is 11.8. The number of oxazole rings is 1. The molecule has 0 aliphatic carbocycles. The molecule has 3 nitrogen and oxygen atoms in total. The number of pyridine rings is 1. The predicted molar refractivity (Wildman–Crippen MR) is 67.9 cm³/mol. The Bertz CT molecular complexity index is 535. The summed E-state index contributed by atoms with van der Waals surface area (Å²) in [5, 5.41) is 0. The van der Waals surface area contributed by atoms with Gasteiger partial charge >= 0.3 is 0 Å². The first-order valence-corrected chi connectivity index (χ1v) is 5.78. The fraction of sp³-hybridized carbons (Fsp3) is 0.429. The Labute approximate surface area is 102 Å². The van der Waals surface area contributed by atoms with Crippen molar-refractivity contribution in [2.45, 2.75) is 40.0 Å². The summed E-state index contributed by atoms with van der Waals surface area (Å²) in [7, 11) is 0. The van der Waals surface area contributed by atoms with E-state index < -0.39 is 0 Å². The first-order valence-electron chi connectivity index (χ1n) is 5.78. The van der Waals surface area contributed by atoms with E-state index in [-0.39, 0.29) is 5.41 Å². The van der Waals surface area contributed by atoms with Gasteiger partial charge in [-0.2, -0.15) is 0 Å². The quantitative estimate of drug-likeness (QED) is 0.750. The highest BCUT2D eigenvalue weighted by Crippen LogP contribution is 2.27. The molecule has 0 spiro atoms. The van der Waals surface area contributed by atoms with Crippen molar-refractivity contribution < 1.29 is 4.42 Å². The number of nitrogens with zero attached hydrogens (tertiary/aromatic N) is 2. The van der Waals surface area contributed by atoms with Crippen molar-refractivity contribution in [1.29, 1.82) is 0 Å². The van der Waals surface area contributed by atoms with E-state index in [0.29, 0.717) is 5.89 Å². The molecule has 0 atom stereocenters. The first-order chi connectivity index (χ1) is 7.88. The molecular formula is C14H18N2O. The highest BCUT2D eigenvalue weighted by atomic mass is 16.4. The van der Waals surface area contributed by atoms with Crippen LogP contribution in [-0.4, -0.2) is 9.97 Å². The Morgan fingerprint density at radius 3 is 2.29 bits per heavy atom. The highest BCUT2D eigenvalue weighted by molar-refractivity contribution is 5.53. The fourth-order valence-electron chi connectivity index (χ4n) is 1.51. The fourth-order valence-corrected chi connectivity index (χ4v) is 1.51. The van der Waals surface area contributed by atoms with Crippen molar-refractivity contribution in [2.75, 3.05) is 0 Å². The summed E-state index contributed by atoms with van der Waals surface area (Å²) in [5.74, 6) is 1.54. The Kier molecular flexibility index (Phi) is 2.77. The molecule has 0 N–H and O–H groups in total. The maximum absolute atomic E-state index is 5.78. The largest absolute Gasteiger partial charge is 0.441 e. The maximum atomic E-state index is 5.78. The topological polar surface area (TPSA) is 38.9 Å². The zero-order valence-electron chi connectivity index (χ0n) is 11.0. The van der Waals surface area contributed by atoms with Gasteiger partial charge in [0.2, 0.25) is 5.89 Å². The van der Waals surface area contributed by atoms with Gasteiger partial charge in [0.15, 0.2) is 0 Å². The Balaban J connectivity index is 2.40. The molecule has 0 bridgehead atoms. The number of aromatic nitrogens is 2. The summed E-state index contributed by atoms with van der Waals surface area (Å²) >= 11 is 0. The molecule has 3 heteroatoms. The van der Waals surface area contributed by atoms with Crippen LogP contribution in [0.15, 0.2) is 22.9 Å². The summed E-state index contributed by atoms with van der Waals surface area (Å²) in [6.45, 7) is 10.4. The van der Waals surface area contributed by atoms with E-state index in [9.17, 15) is 0 Å². The summed E-state index contributed by atoms with van der Waals surface area (Å²) < 4.78 is 5.78. The van der Waals surface area contributed by atoms with Gasteiger partial charge in [0.1, 0.15) is 5.76 Å². The van der Waals surface area contributed by atoms with Gasteiger partial charge in [-0.3, -0.25) is 4.98 Å². The van der Waals surface area contributed by atoms with Crippen molar-refractivity contribution in [2.24, 2.45) is 0 Å². The molecule has 0 fully saturated rings. The van der Waals surface area contributed by atoms with Gasteiger partial charge in [-0.15, -0.1) is 0 Å². The minimum absolute atomic E-state index is 0.0155. The summed E-state index contributed by atoms with van der Waals surface area (Å²) in [4.78, 5) is 8.64. The second-order valence-corrected chi connectivity index (χ2v) is 5.41. The van der Waals surface area contributed by atoms with Crippen LogP contribution in [0.5, 0.6) is 0 Å². The highest BCUT2D eigenvalue weighted by Gasteiger charge is 2.19. The van der Waals surface area contributed by atoms with E-state index >= 15 is 0 Å². The second-order valence-electron chi connectivity index (χ2n) is 5.41. The molecule has 2 heterocycles. The zero-order valence-corrected chi connectivity index (χ0v) is 11.0. The van der Waals surface area contributed by atoms with Crippen LogP contribution in [0.4, 0.5) is 0 Å². The molecule has 17 heavy (non-hydrogen) atoms. The van der Waals surface area contributed by atoms with Gasteiger partial charge in [0.05, 0.1) is 11.8 Å². The van der Waals surface area contributed by atoms with Crippen molar-refractivity contribution >= 4 is 0 Å². The smallest absolute Gasteiger partial charge is 0.227 e. The Morgan fingerprint density at radius 2 is 1.76 bits per heavy atom. The van der Waals surface area contributed by atoms with Gasteiger partial charge < -0.3 is 4.42 Å². The molecule has 2 aromatic heterocycles. The summed E-state index contributed by atoms with van der Waals surface area (Å²) in [6.07, 6.45) is 3.60. The average molecular weight is 230 g/mol. The minimum atomic E-state index is -0.0155.